The van der Waals surface area contributed by atoms with Crippen LogP contribution in [-0.4, -0.2) is 37.3 Å². The first-order valence-corrected chi connectivity index (χ1v) is 4.80. The highest BCUT2D eigenvalue weighted by Gasteiger charge is 2.02. The summed E-state index contributed by atoms with van der Waals surface area (Å²) < 4.78 is 0. The van der Waals surface area contributed by atoms with Crippen LogP contribution in [0.5, 0.6) is 0 Å². The third-order valence-electron chi connectivity index (χ3n) is 1.81. The summed E-state index contributed by atoms with van der Waals surface area (Å²) >= 11 is 0. The van der Waals surface area contributed by atoms with E-state index in [0.717, 1.165) is 12.8 Å². The van der Waals surface area contributed by atoms with E-state index in [1.165, 1.54) is 0 Å². The first-order chi connectivity index (χ1) is 6.20. The maximum Gasteiger partial charge on any atom is 0.221 e. The molecule has 1 atom stereocenters. The normalized spacial score (nSPS) is 12.5. The van der Waals surface area contributed by atoms with E-state index in [4.69, 9.17) is 0 Å². The lowest BCUT2D eigenvalue weighted by molar-refractivity contribution is -0.120. The number of hydrogen-bond acceptors (Lipinski definition) is 3. The van der Waals surface area contributed by atoms with Crippen LogP contribution in [0.1, 0.15) is 26.2 Å². The lowest BCUT2D eigenvalue weighted by Gasteiger charge is -2.09. The minimum atomic E-state index is -0.283. The van der Waals surface area contributed by atoms with Crippen LogP contribution in [0.3, 0.4) is 0 Å². The first-order valence-electron chi connectivity index (χ1n) is 4.80. The molecule has 1 unspecified atom stereocenters. The second-order valence-electron chi connectivity index (χ2n) is 3.07. The number of hydrogen-bond donors (Lipinski definition) is 3. The van der Waals surface area contributed by atoms with Crippen molar-refractivity contribution in [3.05, 3.63) is 0 Å². The Morgan fingerprint density at radius 1 is 1.54 bits per heavy atom. The number of carbonyl (C=O) groups is 1. The lowest BCUT2D eigenvalue weighted by Crippen LogP contribution is -2.30. The molecule has 0 aromatic heterocycles. The van der Waals surface area contributed by atoms with Gasteiger partial charge in [-0.3, -0.25) is 4.79 Å². The van der Waals surface area contributed by atoms with E-state index in [9.17, 15) is 9.90 Å². The van der Waals surface area contributed by atoms with Crippen LogP contribution in [-0.2, 0) is 4.79 Å². The number of amides is 1. The van der Waals surface area contributed by atoms with Gasteiger partial charge in [-0.2, -0.15) is 0 Å². The van der Waals surface area contributed by atoms with E-state index in [1.807, 2.05) is 6.92 Å². The van der Waals surface area contributed by atoms with Crippen LogP contribution in [0.2, 0.25) is 0 Å². The van der Waals surface area contributed by atoms with E-state index in [1.54, 1.807) is 7.05 Å². The SMILES string of the molecule is CCCC(O)CNCCC(=O)NC. The highest BCUT2D eigenvalue weighted by Crippen LogP contribution is 1.93. The number of nitrogens with one attached hydrogen (secondary N) is 2. The number of aliphatic hydroxyl groups is 1. The quantitative estimate of drug-likeness (QED) is 0.488. The van der Waals surface area contributed by atoms with Crippen molar-refractivity contribution in [1.82, 2.24) is 10.6 Å². The van der Waals surface area contributed by atoms with Gasteiger partial charge in [0.15, 0.2) is 0 Å². The Hall–Kier alpha value is -0.610. The fourth-order valence-corrected chi connectivity index (χ4v) is 1.03. The van der Waals surface area contributed by atoms with Crippen molar-refractivity contribution < 1.29 is 9.90 Å². The molecular formula is C9H20N2O2. The molecule has 0 aliphatic rings. The van der Waals surface area contributed by atoms with E-state index >= 15 is 0 Å². The zero-order valence-corrected chi connectivity index (χ0v) is 8.47. The molecule has 0 rings (SSSR count). The maximum atomic E-state index is 10.8. The highest BCUT2D eigenvalue weighted by molar-refractivity contribution is 5.75. The van der Waals surface area contributed by atoms with Crippen molar-refractivity contribution in [2.75, 3.05) is 20.1 Å². The number of rotatable bonds is 7. The van der Waals surface area contributed by atoms with Crippen LogP contribution < -0.4 is 10.6 Å². The van der Waals surface area contributed by atoms with Crippen LogP contribution in [0, 0.1) is 0 Å². The molecule has 0 aromatic carbocycles. The van der Waals surface area contributed by atoms with Gasteiger partial charge in [0.1, 0.15) is 0 Å². The zero-order valence-electron chi connectivity index (χ0n) is 8.47. The van der Waals surface area contributed by atoms with Gasteiger partial charge in [-0.1, -0.05) is 13.3 Å². The first kappa shape index (κ1) is 12.4. The summed E-state index contributed by atoms with van der Waals surface area (Å²) in [6.07, 6.45) is 1.98. The third kappa shape index (κ3) is 7.74. The second-order valence-corrected chi connectivity index (χ2v) is 3.07. The van der Waals surface area contributed by atoms with E-state index < -0.39 is 0 Å². The van der Waals surface area contributed by atoms with E-state index in [0.29, 0.717) is 19.5 Å². The molecule has 0 saturated carbocycles. The Morgan fingerprint density at radius 3 is 2.77 bits per heavy atom. The van der Waals surface area contributed by atoms with Crippen molar-refractivity contribution in [2.45, 2.75) is 32.3 Å². The van der Waals surface area contributed by atoms with Crippen molar-refractivity contribution in [1.29, 1.82) is 0 Å². The van der Waals surface area contributed by atoms with Gasteiger partial charge in [0, 0.05) is 26.6 Å². The molecule has 4 heteroatoms. The molecule has 13 heavy (non-hydrogen) atoms. The molecule has 0 aromatic rings. The highest BCUT2D eigenvalue weighted by atomic mass is 16.3. The minimum absolute atomic E-state index is 0.0254. The molecular weight excluding hydrogens is 168 g/mol. The maximum absolute atomic E-state index is 10.8. The van der Waals surface area contributed by atoms with Crippen LogP contribution in [0.15, 0.2) is 0 Å². The van der Waals surface area contributed by atoms with Gasteiger partial charge in [-0.25, -0.2) is 0 Å². The smallest absolute Gasteiger partial charge is 0.221 e. The van der Waals surface area contributed by atoms with Gasteiger partial charge >= 0.3 is 0 Å². The molecule has 4 nitrogen and oxygen atoms in total. The number of aliphatic hydroxyl groups excluding tert-OH is 1. The summed E-state index contributed by atoms with van der Waals surface area (Å²) in [4.78, 5) is 10.8. The van der Waals surface area contributed by atoms with Crippen molar-refractivity contribution in [3.8, 4) is 0 Å². The van der Waals surface area contributed by atoms with E-state index in [-0.39, 0.29) is 12.0 Å². The van der Waals surface area contributed by atoms with Gasteiger partial charge in [0.2, 0.25) is 5.91 Å². The third-order valence-corrected chi connectivity index (χ3v) is 1.81. The zero-order chi connectivity index (χ0) is 10.1. The van der Waals surface area contributed by atoms with Crippen molar-refractivity contribution in [2.24, 2.45) is 0 Å². The molecule has 0 aliphatic carbocycles. The summed E-state index contributed by atoms with van der Waals surface area (Å²) in [7, 11) is 1.62. The molecule has 0 aliphatic heterocycles. The Morgan fingerprint density at radius 2 is 2.23 bits per heavy atom. The molecule has 0 radical (unpaired) electrons. The predicted octanol–water partition coefficient (Wildman–Crippen LogP) is -0.127. The van der Waals surface area contributed by atoms with Gasteiger partial charge in [-0.15, -0.1) is 0 Å². The average Bonchev–Trinajstić information content (AvgIpc) is 2.12. The number of carbonyl (C=O) groups excluding carboxylic acids is 1. The Kier molecular flexibility index (Phi) is 7.63. The summed E-state index contributed by atoms with van der Waals surface area (Å²) in [6.45, 7) is 3.24. The summed E-state index contributed by atoms with van der Waals surface area (Å²) in [5.41, 5.74) is 0. The molecule has 0 fully saturated rings. The van der Waals surface area contributed by atoms with Crippen LogP contribution in [0.4, 0.5) is 0 Å². The molecule has 0 spiro atoms. The van der Waals surface area contributed by atoms with Crippen LogP contribution >= 0.6 is 0 Å². The topological polar surface area (TPSA) is 61.4 Å². The molecule has 0 bridgehead atoms. The van der Waals surface area contributed by atoms with Crippen LogP contribution in [0.25, 0.3) is 0 Å². The van der Waals surface area contributed by atoms with Gasteiger partial charge in [0.25, 0.3) is 0 Å². The largest absolute Gasteiger partial charge is 0.392 e. The summed E-state index contributed by atoms with van der Waals surface area (Å²) in [5, 5.41) is 14.9. The molecule has 78 valence electrons. The van der Waals surface area contributed by atoms with Crippen molar-refractivity contribution in [3.63, 3.8) is 0 Å². The van der Waals surface area contributed by atoms with Gasteiger partial charge in [-0.05, 0) is 6.42 Å². The Balaban J connectivity index is 3.20. The minimum Gasteiger partial charge on any atom is -0.392 e. The molecule has 0 heterocycles. The monoisotopic (exact) mass is 188 g/mol. The summed E-state index contributed by atoms with van der Waals surface area (Å²) in [6, 6.07) is 0. The Labute approximate surface area is 79.7 Å². The predicted molar refractivity (Wildman–Crippen MR) is 52.5 cm³/mol. The van der Waals surface area contributed by atoms with Gasteiger partial charge < -0.3 is 15.7 Å². The molecule has 3 N–H and O–H groups in total. The Bertz CT molecular complexity index is 140. The average molecular weight is 188 g/mol. The molecule has 0 saturated heterocycles. The molecule has 1 amide bonds. The summed E-state index contributed by atoms with van der Waals surface area (Å²) in [5.74, 6) is 0.0254. The van der Waals surface area contributed by atoms with E-state index in [2.05, 4.69) is 10.6 Å². The standard InChI is InChI=1S/C9H20N2O2/c1-3-4-8(12)7-11-6-5-9(13)10-2/h8,11-12H,3-7H2,1-2H3,(H,10,13). The van der Waals surface area contributed by atoms with Gasteiger partial charge in [0.05, 0.1) is 6.10 Å². The fraction of sp³-hybridized carbons (Fsp3) is 0.889. The lowest BCUT2D eigenvalue weighted by atomic mass is 10.2. The van der Waals surface area contributed by atoms with Crippen molar-refractivity contribution >= 4 is 5.91 Å². The fourth-order valence-electron chi connectivity index (χ4n) is 1.03. The second kappa shape index (κ2) is 8.01.